The first-order valence-electron chi connectivity index (χ1n) is 9.51. The van der Waals surface area contributed by atoms with Crippen molar-refractivity contribution in [2.75, 3.05) is 20.1 Å². The molecular weight excluding hydrogens is 298 g/mol. The third-order valence-corrected chi connectivity index (χ3v) is 5.50. The molecule has 2 aliphatic rings. The Kier molecular flexibility index (Phi) is 4.91. The maximum atomic E-state index is 10.7. The molecule has 2 aliphatic heterocycles. The molecule has 132 valence electrons. The Morgan fingerprint density at radius 1 is 1.21 bits per heavy atom. The number of benzene rings is 1. The van der Waals surface area contributed by atoms with Gasteiger partial charge in [0.2, 0.25) is 0 Å². The highest BCUT2D eigenvalue weighted by Crippen LogP contribution is 2.47. The molecule has 1 aromatic rings. The minimum absolute atomic E-state index is 0.280. The normalized spacial score (nSPS) is 21.9. The van der Waals surface area contributed by atoms with E-state index in [2.05, 4.69) is 33.9 Å². The summed E-state index contributed by atoms with van der Waals surface area (Å²) in [6.45, 7) is 8.67. The lowest BCUT2D eigenvalue weighted by Gasteiger charge is -2.40. The van der Waals surface area contributed by atoms with Crippen molar-refractivity contribution in [3.63, 3.8) is 0 Å². The van der Waals surface area contributed by atoms with Gasteiger partial charge in [-0.15, -0.1) is 0 Å². The fourth-order valence-electron chi connectivity index (χ4n) is 4.12. The number of ether oxygens (including phenoxy) is 1. The Balaban J connectivity index is 1.92. The van der Waals surface area contributed by atoms with Crippen LogP contribution in [-0.2, 0) is 6.42 Å². The Labute approximate surface area is 146 Å². The van der Waals surface area contributed by atoms with Gasteiger partial charge in [-0.3, -0.25) is 0 Å². The fraction of sp³-hybridized carbons (Fsp3) is 0.619. The van der Waals surface area contributed by atoms with Crippen molar-refractivity contribution >= 4 is 5.57 Å². The highest BCUT2D eigenvalue weighted by atomic mass is 16.5. The number of quaternary nitrogens is 1. The average molecular weight is 330 g/mol. The number of likely N-dealkylation sites (N-methyl/N-ethyl adjacent to an activating group) is 1. The molecule has 0 bridgehead atoms. The Bertz CT molecular complexity index is 645. The molecule has 3 nitrogen and oxygen atoms in total. The molecule has 0 radical (unpaired) electrons. The molecule has 0 amide bonds. The number of hydrogen-bond donors (Lipinski definition) is 2. The van der Waals surface area contributed by atoms with Gasteiger partial charge in [0, 0.05) is 12.0 Å². The number of aryl methyl sites for hydroxylation is 1. The van der Waals surface area contributed by atoms with E-state index in [1.807, 2.05) is 6.07 Å². The predicted octanol–water partition coefficient (Wildman–Crippen LogP) is 3.36. The lowest BCUT2D eigenvalue weighted by atomic mass is 9.81. The van der Waals surface area contributed by atoms with Crippen LogP contribution in [0.3, 0.4) is 0 Å². The monoisotopic (exact) mass is 330 g/mol. The summed E-state index contributed by atoms with van der Waals surface area (Å²) in [5.41, 5.74) is 4.54. The SMILES string of the molecule is CCCCCCc1cc(O)c2c(c1)OC(C)(C)C1=C2CC[NH+](C)C1. The third-order valence-electron chi connectivity index (χ3n) is 5.50. The topological polar surface area (TPSA) is 33.9 Å². The standard InChI is InChI=1S/C21H31NO2/c1-5-6-7-8-9-15-12-18(23)20-16-10-11-22(4)14-17(16)21(2,3)24-19(20)13-15/h12-13,23H,5-11,14H2,1-4H3/p+1. The van der Waals surface area contributed by atoms with Crippen LogP contribution in [0.2, 0.25) is 0 Å². The van der Waals surface area contributed by atoms with Crippen molar-refractivity contribution in [2.45, 2.75) is 64.9 Å². The van der Waals surface area contributed by atoms with E-state index in [1.54, 1.807) is 0 Å². The van der Waals surface area contributed by atoms with Gasteiger partial charge in [0.05, 0.1) is 19.2 Å². The molecule has 2 heterocycles. The van der Waals surface area contributed by atoms with Crippen LogP contribution in [0.5, 0.6) is 11.5 Å². The summed E-state index contributed by atoms with van der Waals surface area (Å²) in [5, 5.41) is 10.7. The first-order chi connectivity index (χ1) is 11.4. The zero-order chi connectivity index (χ0) is 17.3. The number of phenols is 1. The molecule has 0 saturated heterocycles. The summed E-state index contributed by atoms with van der Waals surface area (Å²) in [6.07, 6.45) is 7.00. The van der Waals surface area contributed by atoms with Crippen molar-refractivity contribution < 1.29 is 14.7 Å². The number of fused-ring (bicyclic) bond motifs is 2. The number of aromatic hydroxyl groups is 1. The fourth-order valence-corrected chi connectivity index (χ4v) is 4.12. The van der Waals surface area contributed by atoms with Crippen LogP contribution in [0.4, 0.5) is 0 Å². The zero-order valence-electron chi connectivity index (χ0n) is 15.7. The van der Waals surface area contributed by atoms with Gasteiger partial charge in [0.15, 0.2) is 0 Å². The molecule has 1 unspecified atom stereocenters. The van der Waals surface area contributed by atoms with Crippen LogP contribution in [0.1, 0.15) is 64.0 Å². The molecule has 2 N–H and O–H groups in total. The summed E-state index contributed by atoms with van der Waals surface area (Å²) < 4.78 is 6.35. The van der Waals surface area contributed by atoms with Gasteiger partial charge in [-0.25, -0.2) is 0 Å². The van der Waals surface area contributed by atoms with Crippen LogP contribution >= 0.6 is 0 Å². The number of rotatable bonds is 5. The first kappa shape index (κ1) is 17.3. The van der Waals surface area contributed by atoms with E-state index < -0.39 is 0 Å². The number of unbranched alkanes of at least 4 members (excludes halogenated alkanes) is 3. The van der Waals surface area contributed by atoms with Crippen LogP contribution in [0, 0.1) is 0 Å². The van der Waals surface area contributed by atoms with Gasteiger partial charge < -0.3 is 14.7 Å². The molecule has 0 spiro atoms. The quantitative estimate of drug-likeness (QED) is 0.812. The summed E-state index contributed by atoms with van der Waals surface area (Å²) in [6, 6.07) is 4.12. The van der Waals surface area contributed by atoms with Gasteiger partial charge in [-0.1, -0.05) is 26.2 Å². The lowest BCUT2D eigenvalue weighted by molar-refractivity contribution is -0.876. The second-order valence-corrected chi connectivity index (χ2v) is 8.00. The van der Waals surface area contributed by atoms with Gasteiger partial charge in [0.25, 0.3) is 0 Å². The molecule has 3 heteroatoms. The van der Waals surface area contributed by atoms with Gasteiger partial charge in [0.1, 0.15) is 23.6 Å². The molecule has 24 heavy (non-hydrogen) atoms. The van der Waals surface area contributed by atoms with Gasteiger partial charge in [-0.05, 0) is 50.0 Å². The predicted molar refractivity (Wildman–Crippen MR) is 98.8 cm³/mol. The Hall–Kier alpha value is -1.48. The van der Waals surface area contributed by atoms with Gasteiger partial charge >= 0.3 is 0 Å². The van der Waals surface area contributed by atoms with E-state index in [-0.39, 0.29) is 5.60 Å². The van der Waals surface area contributed by atoms with Crippen molar-refractivity contribution in [1.29, 1.82) is 0 Å². The van der Waals surface area contributed by atoms with Crippen molar-refractivity contribution in [2.24, 2.45) is 0 Å². The highest BCUT2D eigenvalue weighted by molar-refractivity contribution is 5.81. The summed E-state index contributed by atoms with van der Waals surface area (Å²) >= 11 is 0. The van der Waals surface area contributed by atoms with E-state index in [9.17, 15) is 5.11 Å². The number of hydrogen-bond acceptors (Lipinski definition) is 2. The molecule has 0 aliphatic carbocycles. The lowest BCUT2D eigenvalue weighted by Crippen LogP contribution is -3.10. The van der Waals surface area contributed by atoms with Gasteiger partial charge in [-0.2, -0.15) is 0 Å². The highest BCUT2D eigenvalue weighted by Gasteiger charge is 2.40. The summed E-state index contributed by atoms with van der Waals surface area (Å²) in [5.74, 6) is 1.28. The first-order valence-corrected chi connectivity index (χ1v) is 9.51. The largest absolute Gasteiger partial charge is 0.507 e. The minimum Gasteiger partial charge on any atom is -0.507 e. The van der Waals surface area contributed by atoms with Crippen LogP contribution in [0.25, 0.3) is 5.57 Å². The summed E-state index contributed by atoms with van der Waals surface area (Å²) in [7, 11) is 2.23. The maximum Gasteiger partial charge on any atom is 0.132 e. The van der Waals surface area contributed by atoms with E-state index in [0.717, 1.165) is 37.2 Å². The van der Waals surface area contributed by atoms with Crippen LogP contribution in [-0.4, -0.2) is 30.8 Å². The smallest absolute Gasteiger partial charge is 0.132 e. The molecule has 0 saturated carbocycles. The molecular formula is C21H32NO2+. The second-order valence-electron chi connectivity index (χ2n) is 8.00. The van der Waals surface area contributed by atoms with Crippen LogP contribution < -0.4 is 9.64 Å². The maximum absolute atomic E-state index is 10.7. The van der Waals surface area contributed by atoms with E-state index in [1.165, 1.54) is 47.3 Å². The second kappa shape index (κ2) is 6.79. The summed E-state index contributed by atoms with van der Waals surface area (Å²) in [4.78, 5) is 1.51. The number of phenolic OH excluding ortho intramolecular Hbond substituents is 1. The molecule has 0 fully saturated rings. The molecule has 0 aromatic heterocycles. The van der Waals surface area contributed by atoms with E-state index in [4.69, 9.17) is 4.74 Å². The third kappa shape index (κ3) is 3.32. The average Bonchev–Trinajstić information content (AvgIpc) is 2.51. The molecule has 1 atom stereocenters. The Morgan fingerprint density at radius 2 is 2.00 bits per heavy atom. The van der Waals surface area contributed by atoms with Crippen molar-refractivity contribution in [1.82, 2.24) is 0 Å². The van der Waals surface area contributed by atoms with Crippen molar-refractivity contribution in [3.8, 4) is 11.5 Å². The molecule has 1 aromatic carbocycles. The Morgan fingerprint density at radius 3 is 2.75 bits per heavy atom. The minimum atomic E-state index is -0.280. The van der Waals surface area contributed by atoms with Crippen LogP contribution in [0.15, 0.2) is 17.7 Å². The molecule has 3 rings (SSSR count). The number of nitrogens with one attached hydrogen (secondary N) is 1. The zero-order valence-corrected chi connectivity index (χ0v) is 15.7. The van der Waals surface area contributed by atoms with E-state index >= 15 is 0 Å². The van der Waals surface area contributed by atoms with Crippen molar-refractivity contribution in [3.05, 3.63) is 28.8 Å². The van der Waals surface area contributed by atoms with E-state index in [0.29, 0.717) is 5.75 Å².